The SMILES string of the molecule is CCNc1cc(N2CCN(C(=O)c3cc(-c4cccs4)nn3C)CC2)nc(C)n1. The first-order valence-corrected chi connectivity index (χ1v) is 10.6. The van der Waals surface area contributed by atoms with Crippen molar-refractivity contribution in [2.24, 2.45) is 7.05 Å². The quantitative estimate of drug-likeness (QED) is 0.695. The zero-order valence-corrected chi connectivity index (χ0v) is 17.7. The maximum absolute atomic E-state index is 13.1. The first kappa shape index (κ1) is 19.4. The molecule has 0 spiro atoms. The van der Waals surface area contributed by atoms with E-state index in [2.05, 4.69) is 25.3 Å². The molecule has 1 amide bonds. The van der Waals surface area contributed by atoms with Crippen LogP contribution in [0.3, 0.4) is 0 Å². The summed E-state index contributed by atoms with van der Waals surface area (Å²) in [6.45, 7) is 7.54. The van der Waals surface area contributed by atoms with E-state index in [4.69, 9.17) is 0 Å². The standard InChI is InChI=1S/C20H25N7OS/c1-4-21-18-13-19(23-14(2)22-18)26-7-9-27(10-8-26)20(28)16-12-15(24-25(16)3)17-6-5-11-29-17/h5-6,11-13H,4,7-10H2,1-3H3,(H,21,22,23). The number of piperazine rings is 1. The molecule has 1 aliphatic heterocycles. The summed E-state index contributed by atoms with van der Waals surface area (Å²) in [5.41, 5.74) is 1.46. The lowest BCUT2D eigenvalue weighted by Crippen LogP contribution is -2.49. The molecule has 29 heavy (non-hydrogen) atoms. The van der Waals surface area contributed by atoms with Gasteiger partial charge in [-0.2, -0.15) is 5.10 Å². The molecule has 1 N–H and O–H groups in total. The Hall–Kier alpha value is -2.94. The lowest BCUT2D eigenvalue weighted by molar-refractivity contribution is 0.0735. The van der Waals surface area contributed by atoms with E-state index >= 15 is 0 Å². The summed E-state index contributed by atoms with van der Waals surface area (Å²) >= 11 is 1.62. The predicted octanol–water partition coefficient (Wildman–Crippen LogP) is 2.64. The summed E-state index contributed by atoms with van der Waals surface area (Å²) in [6, 6.07) is 7.87. The molecule has 8 nitrogen and oxygen atoms in total. The number of hydrogen-bond acceptors (Lipinski definition) is 7. The summed E-state index contributed by atoms with van der Waals surface area (Å²) in [5.74, 6) is 2.51. The predicted molar refractivity (Wildman–Crippen MR) is 116 cm³/mol. The summed E-state index contributed by atoms with van der Waals surface area (Å²) in [6.07, 6.45) is 0. The van der Waals surface area contributed by atoms with Crippen LogP contribution in [0.2, 0.25) is 0 Å². The van der Waals surface area contributed by atoms with Crippen LogP contribution in [0.25, 0.3) is 10.6 Å². The fraction of sp³-hybridized carbons (Fsp3) is 0.400. The summed E-state index contributed by atoms with van der Waals surface area (Å²) < 4.78 is 1.68. The van der Waals surface area contributed by atoms with Crippen molar-refractivity contribution in [3.8, 4) is 10.6 Å². The number of nitrogens with one attached hydrogen (secondary N) is 1. The van der Waals surface area contributed by atoms with Gasteiger partial charge in [-0.1, -0.05) is 6.07 Å². The molecule has 0 radical (unpaired) electrons. The summed E-state index contributed by atoms with van der Waals surface area (Å²) in [7, 11) is 1.83. The third kappa shape index (κ3) is 4.09. The van der Waals surface area contributed by atoms with Gasteiger partial charge in [0.25, 0.3) is 5.91 Å². The Bertz CT molecular complexity index is 990. The minimum Gasteiger partial charge on any atom is -0.370 e. The average Bonchev–Trinajstić information content (AvgIpc) is 3.37. The highest BCUT2D eigenvalue weighted by Crippen LogP contribution is 2.25. The van der Waals surface area contributed by atoms with E-state index in [0.29, 0.717) is 18.8 Å². The molecule has 3 aromatic heterocycles. The van der Waals surface area contributed by atoms with E-state index in [1.54, 1.807) is 16.0 Å². The van der Waals surface area contributed by atoms with Crippen molar-refractivity contribution in [3.63, 3.8) is 0 Å². The van der Waals surface area contributed by atoms with E-state index in [1.165, 1.54) is 0 Å². The molecule has 0 bridgehead atoms. The van der Waals surface area contributed by atoms with Crippen LogP contribution in [0, 0.1) is 6.92 Å². The van der Waals surface area contributed by atoms with Crippen LogP contribution in [-0.2, 0) is 7.05 Å². The van der Waals surface area contributed by atoms with E-state index in [1.807, 2.05) is 55.4 Å². The Labute approximate surface area is 174 Å². The van der Waals surface area contributed by atoms with Crippen LogP contribution < -0.4 is 10.2 Å². The highest BCUT2D eigenvalue weighted by atomic mass is 32.1. The zero-order valence-electron chi connectivity index (χ0n) is 16.9. The van der Waals surface area contributed by atoms with Gasteiger partial charge in [-0.15, -0.1) is 11.3 Å². The van der Waals surface area contributed by atoms with E-state index in [0.717, 1.165) is 47.7 Å². The van der Waals surface area contributed by atoms with Gasteiger partial charge in [0, 0.05) is 45.8 Å². The second-order valence-electron chi connectivity index (χ2n) is 6.98. The third-order valence-corrected chi connectivity index (χ3v) is 5.84. The molecule has 4 rings (SSSR count). The number of carbonyl (C=O) groups is 1. The number of anilines is 2. The lowest BCUT2D eigenvalue weighted by Gasteiger charge is -2.35. The number of carbonyl (C=O) groups excluding carboxylic acids is 1. The Balaban J connectivity index is 1.44. The summed E-state index contributed by atoms with van der Waals surface area (Å²) in [5, 5.41) is 9.77. The molecule has 4 heterocycles. The Morgan fingerprint density at radius 1 is 1.21 bits per heavy atom. The van der Waals surface area contributed by atoms with Crippen molar-refractivity contribution in [1.29, 1.82) is 0 Å². The van der Waals surface area contributed by atoms with Crippen LogP contribution in [0.1, 0.15) is 23.2 Å². The number of aromatic nitrogens is 4. The molecule has 0 saturated carbocycles. The van der Waals surface area contributed by atoms with Gasteiger partial charge in [0.1, 0.15) is 28.8 Å². The fourth-order valence-electron chi connectivity index (χ4n) is 3.50. The monoisotopic (exact) mass is 411 g/mol. The van der Waals surface area contributed by atoms with Crippen LogP contribution in [0.4, 0.5) is 11.6 Å². The van der Waals surface area contributed by atoms with Gasteiger partial charge in [0.05, 0.1) is 4.88 Å². The minimum atomic E-state index is 0.0228. The second-order valence-corrected chi connectivity index (χ2v) is 7.93. The van der Waals surface area contributed by atoms with Crippen molar-refractivity contribution >= 4 is 28.9 Å². The van der Waals surface area contributed by atoms with Gasteiger partial charge < -0.3 is 15.1 Å². The third-order valence-electron chi connectivity index (χ3n) is 4.95. The largest absolute Gasteiger partial charge is 0.370 e. The van der Waals surface area contributed by atoms with E-state index < -0.39 is 0 Å². The fourth-order valence-corrected chi connectivity index (χ4v) is 4.18. The number of nitrogens with zero attached hydrogens (tertiary/aromatic N) is 6. The first-order valence-electron chi connectivity index (χ1n) is 9.77. The molecule has 1 aliphatic rings. The number of hydrogen-bond donors (Lipinski definition) is 1. The number of rotatable bonds is 5. The molecule has 152 valence electrons. The molecule has 0 aromatic carbocycles. The van der Waals surface area contributed by atoms with Gasteiger partial charge in [-0.3, -0.25) is 9.48 Å². The summed E-state index contributed by atoms with van der Waals surface area (Å²) in [4.78, 5) is 27.2. The van der Waals surface area contributed by atoms with Crippen LogP contribution in [-0.4, -0.2) is 63.3 Å². The van der Waals surface area contributed by atoms with Crippen molar-refractivity contribution in [2.45, 2.75) is 13.8 Å². The van der Waals surface area contributed by atoms with E-state index in [-0.39, 0.29) is 5.91 Å². The zero-order chi connectivity index (χ0) is 20.4. The smallest absolute Gasteiger partial charge is 0.272 e. The van der Waals surface area contributed by atoms with E-state index in [9.17, 15) is 4.79 Å². The molecular weight excluding hydrogens is 386 g/mol. The normalized spacial score (nSPS) is 14.3. The van der Waals surface area contributed by atoms with Gasteiger partial charge in [-0.05, 0) is 31.4 Å². The maximum atomic E-state index is 13.1. The van der Waals surface area contributed by atoms with Crippen molar-refractivity contribution in [3.05, 3.63) is 41.2 Å². The number of thiophene rings is 1. The highest BCUT2D eigenvalue weighted by molar-refractivity contribution is 7.13. The lowest BCUT2D eigenvalue weighted by atomic mass is 10.2. The molecule has 3 aromatic rings. The molecule has 0 unspecified atom stereocenters. The maximum Gasteiger partial charge on any atom is 0.272 e. The minimum absolute atomic E-state index is 0.0228. The van der Waals surface area contributed by atoms with Gasteiger partial charge in [-0.25, -0.2) is 9.97 Å². The Morgan fingerprint density at radius 2 is 2.00 bits per heavy atom. The van der Waals surface area contributed by atoms with Gasteiger partial charge in [0.15, 0.2) is 0 Å². The molecule has 1 saturated heterocycles. The van der Waals surface area contributed by atoms with Crippen molar-refractivity contribution in [1.82, 2.24) is 24.6 Å². The van der Waals surface area contributed by atoms with Crippen molar-refractivity contribution < 1.29 is 4.79 Å². The van der Waals surface area contributed by atoms with Crippen LogP contribution >= 0.6 is 11.3 Å². The van der Waals surface area contributed by atoms with Gasteiger partial charge in [0.2, 0.25) is 0 Å². The molecule has 0 aliphatic carbocycles. The van der Waals surface area contributed by atoms with Crippen molar-refractivity contribution in [2.75, 3.05) is 42.9 Å². The second kappa shape index (κ2) is 8.20. The number of aryl methyl sites for hydroxylation is 2. The van der Waals surface area contributed by atoms with Crippen LogP contribution in [0.5, 0.6) is 0 Å². The Morgan fingerprint density at radius 3 is 2.69 bits per heavy atom. The van der Waals surface area contributed by atoms with Gasteiger partial charge >= 0.3 is 0 Å². The Kier molecular flexibility index (Phi) is 5.48. The molecule has 0 atom stereocenters. The first-order chi connectivity index (χ1) is 14.0. The molecule has 9 heteroatoms. The topological polar surface area (TPSA) is 79.2 Å². The van der Waals surface area contributed by atoms with Crippen LogP contribution in [0.15, 0.2) is 29.6 Å². The molecule has 1 fully saturated rings. The highest BCUT2D eigenvalue weighted by Gasteiger charge is 2.26. The average molecular weight is 412 g/mol. The number of amides is 1. The molecular formula is C20H25N7OS.